The summed E-state index contributed by atoms with van der Waals surface area (Å²) < 4.78 is 0. The topological polar surface area (TPSA) is 52.6 Å². The molecule has 1 aliphatic heterocycles. The Morgan fingerprint density at radius 3 is 3.06 bits per heavy atom. The normalized spacial score (nSPS) is 19.2. The zero-order valence-electron chi connectivity index (χ0n) is 10.0. The van der Waals surface area contributed by atoms with Crippen LogP contribution < -0.4 is 5.32 Å². The van der Waals surface area contributed by atoms with Gasteiger partial charge >= 0.3 is 0 Å². The Hall–Kier alpha value is -1.55. The number of carbonyl (C=O) groups excluding carboxylic acids is 1. The van der Waals surface area contributed by atoms with Crippen molar-refractivity contribution in [2.24, 2.45) is 5.92 Å². The second-order valence-corrected chi connectivity index (χ2v) is 4.55. The molecule has 4 nitrogen and oxygen atoms in total. The number of rotatable bonds is 3. The van der Waals surface area contributed by atoms with E-state index in [0.717, 1.165) is 25.1 Å². The third-order valence-electron chi connectivity index (χ3n) is 3.12. The van der Waals surface area contributed by atoms with Gasteiger partial charge in [-0.15, -0.1) is 0 Å². The Kier molecular flexibility index (Phi) is 3.64. The lowest BCUT2D eigenvalue weighted by Crippen LogP contribution is -2.33. The van der Waals surface area contributed by atoms with Crippen LogP contribution in [-0.2, 0) is 11.3 Å². The fourth-order valence-electron chi connectivity index (χ4n) is 2.18. The van der Waals surface area contributed by atoms with Crippen LogP contribution in [0.1, 0.15) is 12.0 Å². The zero-order valence-corrected chi connectivity index (χ0v) is 10.0. The van der Waals surface area contributed by atoms with Crippen molar-refractivity contribution in [2.75, 3.05) is 20.1 Å². The molecular formula is C13H18N2O2. The molecular weight excluding hydrogens is 216 g/mol. The average molecular weight is 234 g/mol. The van der Waals surface area contributed by atoms with Gasteiger partial charge in [0.1, 0.15) is 5.75 Å². The molecule has 0 aromatic heterocycles. The summed E-state index contributed by atoms with van der Waals surface area (Å²) in [6.07, 6.45) is 0.920. The summed E-state index contributed by atoms with van der Waals surface area (Å²) in [7, 11) is 1.81. The van der Waals surface area contributed by atoms with Gasteiger partial charge < -0.3 is 15.3 Å². The largest absolute Gasteiger partial charge is 0.508 e. The highest BCUT2D eigenvalue weighted by Crippen LogP contribution is 2.15. The molecule has 4 heteroatoms. The number of nitrogens with zero attached hydrogens (tertiary/aromatic N) is 1. The van der Waals surface area contributed by atoms with Crippen molar-refractivity contribution in [3.05, 3.63) is 29.8 Å². The van der Waals surface area contributed by atoms with E-state index >= 15 is 0 Å². The Bertz CT molecular complexity index is 400. The molecule has 2 N–H and O–H groups in total. The number of amides is 1. The zero-order chi connectivity index (χ0) is 12.3. The van der Waals surface area contributed by atoms with Crippen molar-refractivity contribution in [1.82, 2.24) is 10.2 Å². The van der Waals surface area contributed by atoms with Gasteiger partial charge in [0.05, 0.1) is 5.92 Å². The second kappa shape index (κ2) is 5.19. The summed E-state index contributed by atoms with van der Waals surface area (Å²) in [5, 5.41) is 12.6. The molecule has 92 valence electrons. The molecule has 1 aromatic carbocycles. The Balaban J connectivity index is 1.96. The minimum Gasteiger partial charge on any atom is -0.508 e. The van der Waals surface area contributed by atoms with Gasteiger partial charge in [0, 0.05) is 20.1 Å². The first-order valence-corrected chi connectivity index (χ1v) is 5.90. The predicted molar refractivity (Wildman–Crippen MR) is 65.6 cm³/mol. The van der Waals surface area contributed by atoms with Gasteiger partial charge in [-0.05, 0) is 30.7 Å². The summed E-state index contributed by atoms with van der Waals surface area (Å²) in [5.74, 6) is 0.529. The smallest absolute Gasteiger partial charge is 0.227 e. The number of phenolic OH excluding ortho intramolecular Hbond substituents is 1. The maximum atomic E-state index is 12.1. The van der Waals surface area contributed by atoms with Crippen LogP contribution in [0.2, 0.25) is 0 Å². The highest BCUT2D eigenvalue weighted by atomic mass is 16.3. The molecule has 0 radical (unpaired) electrons. The minimum atomic E-state index is 0.109. The van der Waals surface area contributed by atoms with Gasteiger partial charge in [-0.3, -0.25) is 4.79 Å². The molecule has 1 unspecified atom stereocenters. The van der Waals surface area contributed by atoms with Crippen molar-refractivity contribution in [3.63, 3.8) is 0 Å². The number of hydrogen-bond acceptors (Lipinski definition) is 3. The van der Waals surface area contributed by atoms with Crippen LogP contribution in [0.25, 0.3) is 0 Å². The number of hydrogen-bond donors (Lipinski definition) is 2. The maximum Gasteiger partial charge on any atom is 0.227 e. The molecule has 1 aliphatic rings. The molecule has 17 heavy (non-hydrogen) atoms. The summed E-state index contributed by atoms with van der Waals surface area (Å²) >= 11 is 0. The van der Waals surface area contributed by atoms with Crippen molar-refractivity contribution in [3.8, 4) is 5.75 Å². The van der Waals surface area contributed by atoms with Crippen LogP contribution in [0.5, 0.6) is 5.75 Å². The van der Waals surface area contributed by atoms with Crippen LogP contribution in [0.3, 0.4) is 0 Å². The first-order chi connectivity index (χ1) is 8.16. The molecule has 2 rings (SSSR count). The first-order valence-electron chi connectivity index (χ1n) is 5.90. The SMILES string of the molecule is CN(Cc1cccc(O)c1)C(=O)C1CCNC1. The molecule has 0 aliphatic carbocycles. The molecule has 1 atom stereocenters. The quantitative estimate of drug-likeness (QED) is 0.819. The lowest BCUT2D eigenvalue weighted by molar-refractivity contribution is -0.134. The van der Waals surface area contributed by atoms with Crippen molar-refractivity contribution >= 4 is 5.91 Å². The number of nitrogens with one attached hydrogen (secondary N) is 1. The monoisotopic (exact) mass is 234 g/mol. The third kappa shape index (κ3) is 2.97. The van der Waals surface area contributed by atoms with E-state index in [-0.39, 0.29) is 17.6 Å². The van der Waals surface area contributed by atoms with E-state index in [4.69, 9.17) is 0 Å². The van der Waals surface area contributed by atoms with E-state index in [1.807, 2.05) is 13.1 Å². The molecule has 1 amide bonds. The highest BCUT2D eigenvalue weighted by molar-refractivity contribution is 5.79. The standard InChI is InChI=1S/C13H18N2O2/c1-15(13(17)11-5-6-14-8-11)9-10-3-2-4-12(16)7-10/h2-4,7,11,14,16H,5-6,8-9H2,1H3. The van der Waals surface area contributed by atoms with Crippen LogP contribution in [0, 0.1) is 5.92 Å². The number of carbonyl (C=O) groups is 1. The Morgan fingerprint density at radius 1 is 1.59 bits per heavy atom. The van der Waals surface area contributed by atoms with Crippen molar-refractivity contribution in [1.29, 1.82) is 0 Å². The number of aromatic hydroxyl groups is 1. The van der Waals surface area contributed by atoms with E-state index in [1.165, 1.54) is 0 Å². The minimum absolute atomic E-state index is 0.109. The van der Waals surface area contributed by atoms with E-state index < -0.39 is 0 Å². The maximum absolute atomic E-state index is 12.1. The van der Waals surface area contributed by atoms with Gasteiger partial charge in [-0.1, -0.05) is 12.1 Å². The molecule has 0 bridgehead atoms. The van der Waals surface area contributed by atoms with Gasteiger partial charge in [0.15, 0.2) is 0 Å². The van der Waals surface area contributed by atoms with Crippen LogP contribution >= 0.6 is 0 Å². The summed E-state index contributed by atoms with van der Waals surface area (Å²) in [5.41, 5.74) is 0.951. The van der Waals surface area contributed by atoms with E-state index in [9.17, 15) is 9.90 Å². The predicted octanol–water partition coefficient (Wildman–Crippen LogP) is 0.960. The second-order valence-electron chi connectivity index (χ2n) is 4.55. The fraction of sp³-hybridized carbons (Fsp3) is 0.462. The molecule has 1 saturated heterocycles. The molecule has 1 fully saturated rings. The molecule has 0 spiro atoms. The van der Waals surface area contributed by atoms with Gasteiger partial charge in [0.25, 0.3) is 0 Å². The summed E-state index contributed by atoms with van der Waals surface area (Å²) in [6.45, 7) is 2.25. The molecule has 0 saturated carbocycles. The highest BCUT2D eigenvalue weighted by Gasteiger charge is 2.25. The first kappa shape index (κ1) is 11.9. The van der Waals surface area contributed by atoms with E-state index in [2.05, 4.69) is 5.32 Å². The average Bonchev–Trinajstić information content (AvgIpc) is 2.81. The number of benzene rings is 1. The Morgan fingerprint density at radius 2 is 2.41 bits per heavy atom. The van der Waals surface area contributed by atoms with Crippen LogP contribution in [0.15, 0.2) is 24.3 Å². The van der Waals surface area contributed by atoms with Crippen LogP contribution in [-0.4, -0.2) is 36.1 Å². The lowest BCUT2D eigenvalue weighted by Gasteiger charge is -2.20. The van der Waals surface area contributed by atoms with Gasteiger partial charge in [-0.2, -0.15) is 0 Å². The summed E-state index contributed by atoms with van der Waals surface area (Å²) in [6, 6.07) is 7.03. The molecule has 1 aromatic rings. The molecule has 1 heterocycles. The summed E-state index contributed by atoms with van der Waals surface area (Å²) in [4.78, 5) is 13.8. The van der Waals surface area contributed by atoms with Crippen LogP contribution in [0.4, 0.5) is 0 Å². The fourth-order valence-corrected chi connectivity index (χ4v) is 2.18. The number of phenols is 1. The van der Waals surface area contributed by atoms with E-state index in [1.54, 1.807) is 23.1 Å². The van der Waals surface area contributed by atoms with E-state index in [0.29, 0.717) is 6.54 Å². The lowest BCUT2D eigenvalue weighted by atomic mass is 10.1. The Labute approximate surface area is 101 Å². The van der Waals surface area contributed by atoms with Gasteiger partial charge in [0.2, 0.25) is 5.91 Å². The van der Waals surface area contributed by atoms with Gasteiger partial charge in [-0.25, -0.2) is 0 Å². The van der Waals surface area contributed by atoms with Crippen molar-refractivity contribution in [2.45, 2.75) is 13.0 Å². The third-order valence-corrected chi connectivity index (χ3v) is 3.12. The van der Waals surface area contributed by atoms with Crippen molar-refractivity contribution < 1.29 is 9.90 Å².